The van der Waals surface area contributed by atoms with Crippen molar-refractivity contribution in [2.24, 2.45) is 5.73 Å². The van der Waals surface area contributed by atoms with E-state index in [9.17, 15) is 8.42 Å². The Labute approximate surface area is 91.4 Å². The highest BCUT2D eigenvalue weighted by Gasteiger charge is 2.46. The molecule has 2 aliphatic rings. The predicted octanol–water partition coefficient (Wildman–Crippen LogP) is -0.253. The summed E-state index contributed by atoms with van der Waals surface area (Å²) in [5.41, 5.74) is 5.90. The number of hydrogen-bond acceptors (Lipinski definition) is 3. The van der Waals surface area contributed by atoms with Crippen molar-refractivity contribution >= 4 is 10.2 Å². The van der Waals surface area contributed by atoms with E-state index >= 15 is 0 Å². The van der Waals surface area contributed by atoms with E-state index < -0.39 is 10.2 Å². The van der Waals surface area contributed by atoms with Crippen molar-refractivity contribution in [2.45, 2.75) is 43.8 Å². The van der Waals surface area contributed by atoms with Crippen molar-refractivity contribution in [3.8, 4) is 0 Å². The second kappa shape index (κ2) is 3.69. The van der Waals surface area contributed by atoms with E-state index in [2.05, 4.69) is 0 Å². The fraction of sp³-hybridized carbons (Fsp3) is 1.00. The predicted molar refractivity (Wildman–Crippen MR) is 58.5 cm³/mol. The largest absolute Gasteiger partial charge is 0.328 e. The molecule has 2 bridgehead atoms. The Morgan fingerprint density at radius 3 is 2.07 bits per heavy atom. The third kappa shape index (κ3) is 1.80. The molecule has 2 saturated heterocycles. The van der Waals surface area contributed by atoms with Gasteiger partial charge in [0.05, 0.1) is 0 Å². The Hall–Kier alpha value is -0.170. The average molecular weight is 233 g/mol. The van der Waals surface area contributed by atoms with Crippen LogP contribution in [-0.2, 0) is 10.2 Å². The molecular formula is C9H19N3O2S. The SMILES string of the molecule is CN(C)S(=O)(=O)N1C2CCC1CC(N)C2. The molecule has 0 spiro atoms. The van der Waals surface area contributed by atoms with Gasteiger partial charge < -0.3 is 5.73 Å². The Bertz CT molecular complexity index is 327. The topological polar surface area (TPSA) is 66.6 Å². The van der Waals surface area contributed by atoms with Crippen LogP contribution in [0.15, 0.2) is 0 Å². The van der Waals surface area contributed by atoms with E-state index in [-0.39, 0.29) is 18.1 Å². The standard InChI is InChI=1S/C9H19N3O2S/c1-11(2)15(13,14)12-8-3-4-9(12)6-7(10)5-8/h7-9H,3-6,10H2,1-2H3. The summed E-state index contributed by atoms with van der Waals surface area (Å²) in [5.74, 6) is 0. The lowest BCUT2D eigenvalue weighted by Crippen LogP contribution is -2.53. The van der Waals surface area contributed by atoms with E-state index in [0.29, 0.717) is 0 Å². The molecule has 0 amide bonds. The van der Waals surface area contributed by atoms with E-state index in [0.717, 1.165) is 25.7 Å². The van der Waals surface area contributed by atoms with Crippen LogP contribution in [0.2, 0.25) is 0 Å². The molecule has 0 aromatic heterocycles. The summed E-state index contributed by atoms with van der Waals surface area (Å²) in [5, 5.41) is 0. The van der Waals surface area contributed by atoms with Gasteiger partial charge in [0.25, 0.3) is 10.2 Å². The lowest BCUT2D eigenvalue weighted by molar-refractivity contribution is 0.216. The van der Waals surface area contributed by atoms with Gasteiger partial charge in [0, 0.05) is 32.2 Å². The lowest BCUT2D eigenvalue weighted by Gasteiger charge is -2.37. The first-order chi connectivity index (χ1) is 6.93. The fourth-order valence-electron chi connectivity index (χ4n) is 2.74. The number of piperidine rings is 1. The minimum atomic E-state index is -3.25. The molecule has 0 radical (unpaired) electrons. The number of nitrogens with zero attached hydrogens (tertiary/aromatic N) is 2. The summed E-state index contributed by atoms with van der Waals surface area (Å²) < 4.78 is 27.1. The van der Waals surface area contributed by atoms with Crippen molar-refractivity contribution in [1.29, 1.82) is 0 Å². The maximum Gasteiger partial charge on any atom is 0.281 e. The molecule has 15 heavy (non-hydrogen) atoms. The molecule has 0 aromatic rings. The summed E-state index contributed by atoms with van der Waals surface area (Å²) in [6, 6.07) is 0.438. The van der Waals surface area contributed by atoms with Crippen molar-refractivity contribution in [1.82, 2.24) is 8.61 Å². The third-order valence-electron chi connectivity index (χ3n) is 3.43. The van der Waals surface area contributed by atoms with Gasteiger partial charge in [-0.3, -0.25) is 0 Å². The molecule has 5 nitrogen and oxygen atoms in total. The van der Waals surface area contributed by atoms with Gasteiger partial charge in [-0.1, -0.05) is 0 Å². The maximum atomic E-state index is 12.1. The molecular weight excluding hydrogens is 214 g/mol. The van der Waals surface area contributed by atoms with Crippen molar-refractivity contribution < 1.29 is 8.42 Å². The summed E-state index contributed by atoms with van der Waals surface area (Å²) >= 11 is 0. The van der Waals surface area contributed by atoms with Crippen LogP contribution in [0.1, 0.15) is 25.7 Å². The molecule has 0 aliphatic carbocycles. The fourth-order valence-corrected chi connectivity index (χ4v) is 4.25. The monoisotopic (exact) mass is 233 g/mol. The van der Waals surface area contributed by atoms with Gasteiger partial charge >= 0.3 is 0 Å². The van der Waals surface area contributed by atoms with Crippen molar-refractivity contribution in [2.75, 3.05) is 14.1 Å². The van der Waals surface area contributed by atoms with Crippen molar-refractivity contribution in [3.05, 3.63) is 0 Å². The molecule has 0 saturated carbocycles. The lowest BCUT2D eigenvalue weighted by atomic mass is 10.0. The first kappa shape index (κ1) is 11.3. The van der Waals surface area contributed by atoms with E-state index in [4.69, 9.17) is 5.73 Å². The van der Waals surface area contributed by atoms with Gasteiger partial charge in [-0.05, 0) is 25.7 Å². The summed E-state index contributed by atoms with van der Waals surface area (Å²) in [4.78, 5) is 0. The quantitative estimate of drug-likeness (QED) is 0.715. The van der Waals surface area contributed by atoms with Crippen LogP contribution in [0, 0.1) is 0 Å². The molecule has 2 aliphatic heterocycles. The average Bonchev–Trinajstić information content (AvgIpc) is 2.39. The summed E-state index contributed by atoms with van der Waals surface area (Å²) in [7, 11) is -0.0749. The maximum absolute atomic E-state index is 12.1. The molecule has 2 rings (SSSR count). The van der Waals surface area contributed by atoms with Crippen LogP contribution in [0.5, 0.6) is 0 Å². The van der Waals surface area contributed by atoms with Gasteiger partial charge in [-0.15, -0.1) is 0 Å². The van der Waals surface area contributed by atoms with Crippen LogP contribution >= 0.6 is 0 Å². The third-order valence-corrected chi connectivity index (χ3v) is 5.48. The number of hydrogen-bond donors (Lipinski definition) is 1. The van der Waals surface area contributed by atoms with Crippen molar-refractivity contribution in [3.63, 3.8) is 0 Å². The van der Waals surface area contributed by atoms with Gasteiger partial charge in [0.15, 0.2) is 0 Å². The highest BCUT2D eigenvalue weighted by molar-refractivity contribution is 7.86. The highest BCUT2D eigenvalue weighted by atomic mass is 32.2. The smallest absolute Gasteiger partial charge is 0.281 e. The van der Waals surface area contributed by atoms with Crippen LogP contribution in [0.3, 0.4) is 0 Å². The molecule has 2 unspecified atom stereocenters. The first-order valence-corrected chi connectivity index (χ1v) is 6.79. The second-order valence-electron chi connectivity index (χ2n) is 4.74. The minimum Gasteiger partial charge on any atom is -0.328 e. The summed E-state index contributed by atoms with van der Waals surface area (Å²) in [6.45, 7) is 0. The normalized spacial score (nSPS) is 37.5. The Morgan fingerprint density at radius 2 is 1.67 bits per heavy atom. The van der Waals surface area contributed by atoms with E-state index in [1.54, 1.807) is 18.4 Å². The van der Waals surface area contributed by atoms with Gasteiger partial charge in [-0.25, -0.2) is 0 Å². The Balaban J connectivity index is 2.26. The zero-order chi connectivity index (χ0) is 11.2. The molecule has 88 valence electrons. The van der Waals surface area contributed by atoms with Gasteiger partial charge in [-0.2, -0.15) is 17.0 Å². The molecule has 6 heteroatoms. The van der Waals surface area contributed by atoms with Crippen LogP contribution < -0.4 is 5.73 Å². The molecule has 0 aromatic carbocycles. The Kier molecular flexibility index (Phi) is 2.79. The van der Waals surface area contributed by atoms with Crippen LogP contribution in [-0.4, -0.2) is 49.2 Å². The van der Waals surface area contributed by atoms with Gasteiger partial charge in [0.1, 0.15) is 0 Å². The molecule has 2 fully saturated rings. The zero-order valence-electron chi connectivity index (χ0n) is 9.26. The van der Waals surface area contributed by atoms with E-state index in [1.165, 1.54) is 4.31 Å². The van der Waals surface area contributed by atoms with Gasteiger partial charge in [0.2, 0.25) is 0 Å². The number of fused-ring (bicyclic) bond motifs is 2. The first-order valence-electron chi connectivity index (χ1n) is 5.39. The molecule has 2 atom stereocenters. The minimum absolute atomic E-state index is 0.131. The highest BCUT2D eigenvalue weighted by Crippen LogP contribution is 2.37. The summed E-state index contributed by atoms with van der Waals surface area (Å²) in [6.07, 6.45) is 3.55. The number of nitrogens with two attached hydrogens (primary N) is 1. The number of rotatable bonds is 2. The second-order valence-corrected chi connectivity index (χ2v) is 6.78. The molecule has 2 heterocycles. The Morgan fingerprint density at radius 1 is 1.20 bits per heavy atom. The van der Waals surface area contributed by atoms with E-state index in [1.807, 2.05) is 0 Å². The van der Waals surface area contributed by atoms with Crippen LogP contribution in [0.4, 0.5) is 0 Å². The van der Waals surface area contributed by atoms with Crippen LogP contribution in [0.25, 0.3) is 0 Å². The molecule has 2 N–H and O–H groups in total. The zero-order valence-corrected chi connectivity index (χ0v) is 10.1.